The smallest absolute Gasteiger partial charge is 0.220 e. The molecule has 3 nitrogen and oxygen atoms in total. The zero-order chi connectivity index (χ0) is 12.0. The predicted octanol–water partition coefficient (Wildman–Crippen LogP) is 3.55. The van der Waals surface area contributed by atoms with Gasteiger partial charge in [0.2, 0.25) is 5.95 Å². The Hall–Kier alpha value is -1.26. The van der Waals surface area contributed by atoms with Crippen LogP contribution in [0, 0.1) is 0 Å². The van der Waals surface area contributed by atoms with Gasteiger partial charge in [-0.3, -0.25) is 0 Å². The van der Waals surface area contributed by atoms with E-state index in [0.717, 1.165) is 16.8 Å². The SMILES string of the molecule is C[C@H]1Sc2ccc(Cl)cc2-c2nc(N)ncc21. The zero-order valence-corrected chi connectivity index (χ0v) is 10.7. The number of nitrogens with zero attached hydrogens (tertiary/aromatic N) is 2. The minimum absolute atomic E-state index is 0.300. The van der Waals surface area contributed by atoms with E-state index in [4.69, 9.17) is 17.3 Å². The number of rotatable bonds is 0. The summed E-state index contributed by atoms with van der Waals surface area (Å²) in [5, 5.41) is 1.04. The van der Waals surface area contributed by atoms with Gasteiger partial charge in [0.15, 0.2) is 0 Å². The number of anilines is 1. The summed E-state index contributed by atoms with van der Waals surface area (Å²) in [6, 6.07) is 5.86. The van der Waals surface area contributed by atoms with E-state index in [1.165, 1.54) is 4.90 Å². The highest BCUT2D eigenvalue weighted by molar-refractivity contribution is 7.99. The van der Waals surface area contributed by atoms with E-state index >= 15 is 0 Å². The van der Waals surface area contributed by atoms with E-state index in [1.54, 1.807) is 18.0 Å². The summed E-state index contributed by atoms with van der Waals surface area (Å²) in [4.78, 5) is 9.59. The molecule has 2 heterocycles. The quantitative estimate of drug-likeness (QED) is 0.790. The highest BCUT2D eigenvalue weighted by atomic mass is 35.5. The lowest BCUT2D eigenvalue weighted by atomic mass is 10.0. The number of fused-ring (bicyclic) bond motifs is 3. The second-order valence-electron chi connectivity index (χ2n) is 3.93. The fourth-order valence-electron chi connectivity index (χ4n) is 1.96. The fourth-order valence-corrected chi connectivity index (χ4v) is 3.24. The Labute approximate surface area is 108 Å². The van der Waals surface area contributed by atoms with Crippen molar-refractivity contribution in [3.63, 3.8) is 0 Å². The Balaban J connectivity index is 2.30. The molecule has 17 heavy (non-hydrogen) atoms. The number of nitrogens with two attached hydrogens (primary N) is 1. The Morgan fingerprint density at radius 1 is 1.41 bits per heavy atom. The van der Waals surface area contributed by atoms with Gasteiger partial charge >= 0.3 is 0 Å². The van der Waals surface area contributed by atoms with Gasteiger partial charge in [0, 0.05) is 32.5 Å². The topological polar surface area (TPSA) is 51.8 Å². The van der Waals surface area contributed by atoms with Crippen LogP contribution in [0.25, 0.3) is 11.3 Å². The third-order valence-electron chi connectivity index (χ3n) is 2.77. The van der Waals surface area contributed by atoms with Crippen LogP contribution in [-0.4, -0.2) is 9.97 Å². The van der Waals surface area contributed by atoms with Crippen LogP contribution in [0.5, 0.6) is 0 Å². The van der Waals surface area contributed by atoms with E-state index in [2.05, 4.69) is 16.9 Å². The van der Waals surface area contributed by atoms with Crippen molar-refractivity contribution in [3.05, 3.63) is 35.0 Å². The van der Waals surface area contributed by atoms with Crippen LogP contribution in [0.15, 0.2) is 29.3 Å². The number of benzene rings is 1. The molecule has 0 radical (unpaired) electrons. The molecule has 1 aliphatic heterocycles. The molecule has 1 aromatic carbocycles. The van der Waals surface area contributed by atoms with Crippen molar-refractivity contribution in [2.75, 3.05) is 5.73 Å². The molecule has 1 aliphatic rings. The van der Waals surface area contributed by atoms with Gasteiger partial charge in [-0.1, -0.05) is 11.6 Å². The van der Waals surface area contributed by atoms with Crippen LogP contribution in [-0.2, 0) is 0 Å². The Kier molecular flexibility index (Phi) is 2.49. The van der Waals surface area contributed by atoms with Gasteiger partial charge in [-0.25, -0.2) is 9.97 Å². The van der Waals surface area contributed by atoms with Crippen molar-refractivity contribution in [3.8, 4) is 11.3 Å². The second kappa shape index (κ2) is 3.89. The Bertz CT molecular complexity index is 600. The van der Waals surface area contributed by atoms with E-state index in [0.29, 0.717) is 16.2 Å². The van der Waals surface area contributed by atoms with Crippen LogP contribution in [0.3, 0.4) is 0 Å². The molecule has 2 N–H and O–H groups in total. The van der Waals surface area contributed by atoms with Crippen LogP contribution in [0.4, 0.5) is 5.95 Å². The van der Waals surface area contributed by atoms with Crippen molar-refractivity contribution >= 4 is 29.3 Å². The van der Waals surface area contributed by atoms with Crippen LogP contribution in [0.1, 0.15) is 17.7 Å². The summed E-state index contributed by atoms with van der Waals surface area (Å²) in [7, 11) is 0. The summed E-state index contributed by atoms with van der Waals surface area (Å²) in [6.07, 6.45) is 1.80. The first-order chi connectivity index (χ1) is 8.15. The van der Waals surface area contributed by atoms with Crippen molar-refractivity contribution in [1.82, 2.24) is 9.97 Å². The van der Waals surface area contributed by atoms with E-state index in [1.807, 2.05) is 18.2 Å². The van der Waals surface area contributed by atoms with Gasteiger partial charge in [0.25, 0.3) is 0 Å². The number of aromatic nitrogens is 2. The average Bonchev–Trinajstić information content (AvgIpc) is 2.30. The third kappa shape index (κ3) is 1.77. The Morgan fingerprint density at radius 3 is 3.06 bits per heavy atom. The Morgan fingerprint density at radius 2 is 2.24 bits per heavy atom. The van der Waals surface area contributed by atoms with Gasteiger partial charge in [-0.15, -0.1) is 11.8 Å². The molecule has 3 rings (SSSR count). The van der Waals surface area contributed by atoms with E-state index < -0.39 is 0 Å². The number of halogens is 1. The van der Waals surface area contributed by atoms with Crippen molar-refractivity contribution < 1.29 is 0 Å². The molecule has 0 fully saturated rings. The maximum Gasteiger partial charge on any atom is 0.220 e. The van der Waals surface area contributed by atoms with Crippen LogP contribution in [0.2, 0.25) is 5.02 Å². The molecule has 0 bridgehead atoms. The molecular formula is C12H10ClN3S. The standard InChI is InChI=1S/C12H10ClN3S/c1-6-9-5-15-12(14)16-11(9)8-4-7(13)2-3-10(8)17-6/h2-6H,1H3,(H2,14,15,16)/t6-/m1/s1. The van der Waals surface area contributed by atoms with Gasteiger partial charge in [-0.2, -0.15) is 0 Å². The highest BCUT2D eigenvalue weighted by Gasteiger charge is 2.24. The van der Waals surface area contributed by atoms with Gasteiger partial charge in [0.1, 0.15) is 0 Å². The van der Waals surface area contributed by atoms with Crippen molar-refractivity contribution in [2.45, 2.75) is 17.1 Å². The first kappa shape index (κ1) is 10.9. The molecule has 0 unspecified atom stereocenters. The summed E-state index contributed by atoms with van der Waals surface area (Å²) in [5.41, 5.74) is 8.72. The molecular weight excluding hydrogens is 254 g/mol. The maximum absolute atomic E-state index is 6.04. The van der Waals surface area contributed by atoms with E-state index in [-0.39, 0.29) is 0 Å². The number of hydrogen-bond donors (Lipinski definition) is 1. The molecule has 1 atom stereocenters. The first-order valence-electron chi connectivity index (χ1n) is 5.24. The predicted molar refractivity (Wildman–Crippen MR) is 71.2 cm³/mol. The van der Waals surface area contributed by atoms with E-state index in [9.17, 15) is 0 Å². The lowest BCUT2D eigenvalue weighted by Crippen LogP contribution is -2.06. The zero-order valence-electron chi connectivity index (χ0n) is 9.14. The molecule has 0 saturated carbocycles. The number of hydrogen-bond acceptors (Lipinski definition) is 4. The van der Waals surface area contributed by atoms with Gasteiger partial charge < -0.3 is 5.73 Å². The highest BCUT2D eigenvalue weighted by Crippen LogP contribution is 2.48. The third-order valence-corrected chi connectivity index (χ3v) is 4.23. The largest absolute Gasteiger partial charge is 0.368 e. The lowest BCUT2D eigenvalue weighted by molar-refractivity contribution is 1.02. The maximum atomic E-state index is 6.04. The van der Waals surface area contributed by atoms with Gasteiger partial charge in [0.05, 0.1) is 5.69 Å². The summed E-state index contributed by atoms with van der Waals surface area (Å²) >= 11 is 7.83. The summed E-state index contributed by atoms with van der Waals surface area (Å²) < 4.78 is 0. The molecule has 86 valence electrons. The second-order valence-corrected chi connectivity index (χ2v) is 5.75. The van der Waals surface area contributed by atoms with Crippen molar-refractivity contribution in [1.29, 1.82) is 0 Å². The average molecular weight is 264 g/mol. The van der Waals surface area contributed by atoms with Crippen LogP contribution < -0.4 is 5.73 Å². The minimum atomic E-state index is 0.300. The molecule has 0 spiro atoms. The molecule has 5 heteroatoms. The minimum Gasteiger partial charge on any atom is -0.368 e. The monoisotopic (exact) mass is 263 g/mol. The summed E-state index contributed by atoms with van der Waals surface area (Å²) in [6.45, 7) is 2.14. The number of thioether (sulfide) groups is 1. The fraction of sp³-hybridized carbons (Fsp3) is 0.167. The molecule has 0 aliphatic carbocycles. The van der Waals surface area contributed by atoms with Crippen molar-refractivity contribution in [2.24, 2.45) is 0 Å². The molecule has 1 aromatic heterocycles. The van der Waals surface area contributed by atoms with Crippen LogP contribution >= 0.6 is 23.4 Å². The lowest BCUT2D eigenvalue weighted by Gasteiger charge is -2.23. The number of nitrogen functional groups attached to an aromatic ring is 1. The normalized spacial score (nSPS) is 17.4. The first-order valence-corrected chi connectivity index (χ1v) is 6.50. The summed E-state index contributed by atoms with van der Waals surface area (Å²) in [5.74, 6) is 0.300. The molecule has 0 saturated heterocycles. The molecule has 2 aromatic rings. The molecule has 0 amide bonds. The van der Waals surface area contributed by atoms with Gasteiger partial charge in [-0.05, 0) is 25.1 Å².